The van der Waals surface area contributed by atoms with Gasteiger partial charge in [0.2, 0.25) is 0 Å². The van der Waals surface area contributed by atoms with Crippen LogP contribution in [0, 0.1) is 0 Å². The molecule has 2 fully saturated rings. The molecule has 1 amide bonds. The largest absolute Gasteiger partial charge is 0.450 e. The molecule has 1 atom stereocenters. The molecule has 7 nitrogen and oxygen atoms in total. The minimum absolute atomic E-state index is 0. The van der Waals surface area contributed by atoms with Crippen LogP contribution in [-0.4, -0.2) is 71.4 Å². The van der Waals surface area contributed by atoms with Gasteiger partial charge in [-0.1, -0.05) is 0 Å². The van der Waals surface area contributed by atoms with Crippen LogP contribution in [0.15, 0.2) is 4.99 Å². The number of thioether (sulfide) groups is 1. The van der Waals surface area contributed by atoms with E-state index in [0.717, 1.165) is 30.8 Å². The number of guanidine groups is 1. The van der Waals surface area contributed by atoms with E-state index in [-0.39, 0.29) is 36.1 Å². The fourth-order valence-electron chi connectivity index (χ4n) is 2.63. The van der Waals surface area contributed by atoms with E-state index >= 15 is 0 Å². The van der Waals surface area contributed by atoms with E-state index in [2.05, 4.69) is 10.3 Å². The number of likely N-dealkylation sites (tertiary alicyclic amines) is 1. The summed E-state index contributed by atoms with van der Waals surface area (Å²) < 4.78 is 4.99. The summed E-state index contributed by atoms with van der Waals surface area (Å²) in [6.07, 6.45) is 2.15. The Hall–Kier alpha value is -0.420. The molecule has 0 spiro atoms. The molecule has 2 saturated heterocycles. The topological polar surface area (TPSA) is 100 Å². The summed E-state index contributed by atoms with van der Waals surface area (Å²) in [5.41, 5.74) is 5.20. The maximum atomic E-state index is 11.6. The first kappa shape index (κ1) is 20.6. The quantitative estimate of drug-likeness (QED) is 0.330. The molecule has 23 heavy (non-hydrogen) atoms. The summed E-state index contributed by atoms with van der Waals surface area (Å²) in [4.78, 5) is 17.6. The second kappa shape index (κ2) is 9.77. The lowest BCUT2D eigenvalue weighted by atomic mass is 10.0. The Morgan fingerprint density at radius 1 is 1.52 bits per heavy atom. The van der Waals surface area contributed by atoms with E-state index < -0.39 is 5.60 Å². The molecule has 0 bridgehead atoms. The number of carbonyl (C=O) groups is 1. The Balaban J connectivity index is 0.00000264. The molecule has 4 N–H and O–H groups in total. The molecule has 2 aliphatic heterocycles. The standard InChI is InChI=1S/C14H26N4O3S.HI/c1-2-21-13(19)18-6-3-11(4-7-18)17-12(15)16-9-14(20)5-8-22-10-14;/h11,20H,2-10H2,1H3,(H3,15,16,17);1H. The number of hydrogen-bond acceptors (Lipinski definition) is 5. The van der Waals surface area contributed by atoms with Crippen molar-refractivity contribution in [2.75, 3.05) is 37.7 Å². The summed E-state index contributed by atoms with van der Waals surface area (Å²) >= 11 is 1.75. The lowest BCUT2D eigenvalue weighted by Gasteiger charge is -2.31. The first-order valence-electron chi connectivity index (χ1n) is 7.81. The van der Waals surface area contributed by atoms with E-state index in [4.69, 9.17) is 10.5 Å². The first-order valence-corrected chi connectivity index (χ1v) is 8.96. The third-order valence-electron chi connectivity index (χ3n) is 4.00. The molecule has 0 saturated carbocycles. The van der Waals surface area contributed by atoms with Crippen LogP contribution in [0.4, 0.5) is 4.79 Å². The van der Waals surface area contributed by atoms with E-state index in [0.29, 0.717) is 32.2 Å². The first-order chi connectivity index (χ1) is 10.5. The van der Waals surface area contributed by atoms with E-state index in [9.17, 15) is 9.90 Å². The van der Waals surface area contributed by atoms with Crippen molar-refractivity contribution in [3.63, 3.8) is 0 Å². The van der Waals surface area contributed by atoms with Crippen molar-refractivity contribution in [3.8, 4) is 0 Å². The van der Waals surface area contributed by atoms with Gasteiger partial charge in [0, 0.05) is 24.9 Å². The Morgan fingerprint density at radius 3 is 2.78 bits per heavy atom. The molecule has 0 aromatic rings. The molecule has 0 aromatic heterocycles. The van der Waals surface area contributed by atoms with Crippen LogP contribution in [0.25, 0.3) is 0 Å². The minimum Gasteiger partial charge on any atom is -0.450 e. The number of nitrogens with zero attached hydrogens (tertiary/aromatic N) is 2. The van der Waals surface area contributed by atoms with Crippen LogP contribution in [0.5, 0.6) is 0 Å². The zero-order chi connectivity index (χ0) is 16.0. The fourth-order valence-corrected chi connectivity index (χ4v) is 3.91. The van der Waals surface area contributed by atoms with Gasteiger partial charge in [-0.3, -0.25) is 4.99 Å². The molecular formula is C14H27IN4O3S. The van der Waals surface area contributed by atoms with Crippen molar-refractivity contribution in [1.82, 2.24) is 10.2 Å². The van der Waals surface area contributed by atoms with Crippen LogP contribution >= 0.6 is 35.7 Å². The van der Waals surface area contributed by atoms with Gasteiger partial charge in [0.15, 0.2) is 5.96 Å². The number of nitrogens with two attached hydrogens (primary N) is 1. The minimum atomic E-state index is -0.704. The number of ether oxygens (including phenoxy) is 1. The fraction of sp³-hybridized carbons (Fsp3) is 0.857. The predicted octanol–water partition coefficient (Wildman–Crippen LogP) is 0.998. The second-order valence-corrected chi connectivity index (χ2v) is 6.94. The molecule has 0 aromatic carbocycles. The van der Waals surface area contributed by atoms with E-state index in [1.54, 1.807) is 23.6 Å². The average Bonchev–Trinajstić information content (AvgIpc) is 2.94. The van der Waals surface area contributed by atoms with Crippen LogP contribution in [0.2, 0.25) is 0 Å². The van der Waals surface area contributed by atoms with Crippen LogP contribution in [0.1, 0.15) is 26.2 Å². The highest BCUT2D eigenvalue weighted by Gasteiger charge is 2.31. The molecule has 0 radical (unpaired) electrons. The van der Waals surface area contributed by atoms with Crippen molar-refractivity contribution in [1.29, 1.82) is 0 Å². The zero-order valence-corrected chi connectivity index (χ0v) is 16.6. The van der Waals surface area contributed by atoms with Gasteiger partial charge in [0.25, 0.3) is 0 Å². The predicted molar refractivity (Wildman–Crippen MR) is 104 cm³/mol. The SMILES string of the molecule is CCOC(=O)N1CCC(NC(N)=NCC2(O)CCSC2)CC1.I. The molecular weight excluding hydrogens is 431 g/mol. The number of nitrogens with one attached hydrogen (secondary N) is 1. The number of hydrogen-bond donors (Lipinski definition) is 3. The van der Waals surface area contributed by atoms with Crippen LogP contribution < -0.4 is 11.1 Å². The molecule has 9 heteroatoms. The Bertz CT molecular complexity index is 411. The Morgan fingerprint density at radius 2 is 2.22 bits per heavy atom. The number of rotatable bonds is 4. The lowest BCUT2D eigenvalue weighted by molar-refractivity contribution is 0.0777. The number of halogens is 1. The maximum absolute atomic E-state index is 11.6. The summed E-state index contributed by atoms with van der Waals surface area (Å²) in [6, 6.07) is 0.210. The van der Waals surface area contributed by atoms with Gasteiger partial charge in [-0.15, -0.1) is 24.0 Å². The highest BCUT2D eigenvalue weighted by molar-refractivity contribution is 14.0. The van der Waals surface area contributed by atoms with Crippen molar-refractivity contribution >= 4 is 47.8 Å². The van der Waals surface area contributed by atoms with Gasteiger partial charge in [0.05, 0.1) is 18.8 Å². The normalized spacial score (nSPS) is 25.8. The van der Waals surface area contributed by atoms with Gasteiger partial charge >= 0.3 is 6.09 Å². The third kappa shape index (κ3) is 6.54. The molecule has 2 heterocycles. The number of piperidine rings is 1. The average molecular weight is 458 g/mol. The van der Waals surface area contributed by atoms with Gasteiger partial charge in [-0.05, 0) is 31.9 Å². The zero-order valence-electron chi connectivity index (χ0n) is 13.5. The van der Waals surface area contributed by atoms with Crippen molar-refractivity contribution < 1.29 is 14.6 Å². The highest BCUT2D eigenvalue weighted by Crippen LogP contribution is 2.27. The van der Waals surface area contributed by atoms with Gasteiger partial charge in [-0.2, -0.15) is 11.8 Å². The molecule has 0 aliphatic carbocycles. The Labute approximate surface area is 158 Å². The van der Waals surface area contributed by atoms with Gasteiger partial charge in [0.1, 0.15) is 0 Å². The molecule has 134 valence electrons. The Kier molecular flexibility index (Phi) is 8.76. The molecule has 1 unspecified atom stereocenters. The highest BCUT2D eigenvalue weighted by atomic mass is 127. The summed E-state index contributed by atoms with van der Waals surface area (Å²) in [7, 11) is 0. The van der Waals surface area contributed by atoms with Crippen molar-refractivity contribution in [2.45, 2.75) is 37.8 Å². The summed E-state index contributed by atoms with van der Waals surface area (Å²) in [6.45, 7) is 3.87. The summed E-state index contributed by atoms with van der Waals surface area (Å²) in [5.74, 6) is 2.08. The van der Waals surface area contributed by atoms with E-state index in [1.807, 2.05) is 0 Å². The van der Waals surface area contributed by atoms with E-state index in [1.165, 1.54) is 0 Å². The second-order valence-electron chi connectivity index (χ2n) is 5.83. The number of amides is 1. The third-order valence-corrected chi connectivity index (χ3v) is 5.23. The number of carbonyl (C=O) groups excluding carboxylic acids is 1. The van der Waals surface area contributed by atoms with Crippen molar-refractivity contribution in [2.24, 2.45) is 10.7 Å². The van der Waals surface area contributed by atoms with Gasteiger partial charge in [-0.25, -0.2) is 4.79 Å². The van der Waals surface area contributed by atoms with Crippen molar-refractivity contribution in [3.05, 3.63) is 0 Å². The molecule has 2 aliphatic rings. The van der Waals surface area contributed by atoms with Gasteiger partial charge < -0.3 is 25.8 Å². The number of aliphatic hydroxyl groups is 1. The smallest absolute Gasteiger partial charge is 0.409 e. The summed E-state index contributed by atoms with van der Waals surface area (Å²) in [5, 5.41) is 13.4. The monoisotopic (exact) mass is 458 g/mol. The lowest BCUT2D eigenvalue weighted by Crippen LogP contribution is -2.49. The maximum Gasteiger partial charge on any atom is 0.409 e. The van der Waals surface area contributed by atoms with Crippen LogP contribution in [-0.2, 0) is 4.74 Å². The van der Waals surface area contributed by atoms with Crippen LogP contribution in [0.3, 0.4) is 0 Å². The number of aliphatic imine (C=N–C) groups is 1. The molecule has 2 rings (SSSR count).